The van der Waals surface area contributed by atoms with Crippen LogP contribution in [0.3, 0.4) is 0 Å². The molecular formula is C11H10ClN3. The first-order valence-corrected chi connectivity index (χ1v) is 4.97. The molecule has 0 aliphatic heterocycles. The maximum atomic E-state index is 6.00. The van der Waals surface area contributed by atoms with E-state index in [-0.39, 0.29) is 0 Å². The molecule has 0 saturated carbocycles. The standard InChI is InChI=1S/C11H10ClN3/c1-7-10(9-4-3-5-13-6-9)14-8(2)15-11(7)12/h3-6H,1-2H3. The predicted molar refractivity (Wildman–Crippen MR) is 59.7 cm³/mol. The zero-order valence-corrected chi connectivity index (χ0v) is 9.28. The molecule has 15 heavy (non-hydrogen) atoms. The Balaban J connectivity index is 2.63. The van der Waals surface area contributed by atoms with Gasteiger partial charge >= 0.3 is 0 Å². The van der Waals surface area contributed by atoms with Crippen LogP contribution in [-0.4, -0.2) is 15.0 Å². The van der Waals surface area contributed by atoms with Gasteiger partial charge in [-0.05, 0) is 26.0 Å². The van der Waals surface area contributed by atoms with E-state index >= 15 is 0 Å². The Bertz CT molecular complexity index is 483. The van der Waals surface area contributed by atoms with Crippen LogP contribution in [0.25, 0.3) is 11.3 Å². The third-order valence-electron chi connectivity index (χ3n) is 2.13. The first-order chi connectivity index (χ1) is 7.18. The van der Waals surface area contributed by atoms with Gasteiger partial charge in [0, 0.05) is 23.5 Å². The fraction of sp³-hybridized carbons (Fsp3) is 0.182. The number of rotatable bonds is 1. The van der Waals surface area contributed by atoms with Gasteiger partial charge in [0.25, 0.3) is 0 Å². The molecule has 0 bridgehead atoms. The Labute approximate surface area is 93.2 Å². The number of nitrogens with zero attached hydrogens (tertiary/aromatic N) is 3. The summed E-state index contributed by atoms with van der Waals surface area (Å²) in [5.41, 5.74) is 2.69. The van der Waals surface area contributed by atoms with Crippen LogP contribution >= 0.6 is 11.6 Å². The third-order valence-corrected chi connectivity index (χ3v) is 2.50. The molecular weight excluding hydrogens is 210 g/mol. The number of aromatic nitrogens is 3. The summed E-state index contributed by atoms with van der Waals surface area (Å²) in [4.78, 5) is 12.5. The van der Waals surface area contributed by atoms with Gasteiger partial charge < -0.3 is 0 Å². The summed E-state index contributed by atoms with van der Waals surface area (Å²) in [7, 11) is 0. The third kappa shape index (κ3) is 1.97. The van der Waals surface area contributed by atoms with Gasteiger partial charge in [0.15, 0.2) is 0 Å². The van der Waals surface area contributed by atoms with Crippen molar-refractivity contribution in [3.05, 3.63) is 41.1 Å². The Morgan fingerprint density at radius 3 is 2.67 bits per heavy atom. The molecule has 0 aromatic carbocycles. The highest BCUT2D eigenvalue weighted by molar-refractivity contribution is 6.30. The lowest BCUT2D eigenvalue weighted by Crippen LogP contribution is -1.96. The first kappa shape index (κ1) is 10.1. The molecule has 0 atom stereocenters. The molecule has 0 amide bonds. The predicted octanol–water partition coefficient (Wildman–Crippen LogP) is 2.81. The van der Waals surface area contributed by atoms with Crippen LogP contribution < -0.4 is 0 Å². The lowest BCUT2D eigenvalue weighted by molar-refractivity contribution is 1.04. The van der Waals surface area contributed by atoms with E-state index in [0.29, 0.717) is 11.0 Å². The molecule has 0 spiro atoms. The summed E-state index contributed by atoms with van der Waals surface area (Å²) >= 11 is 6.00. The molecule has 2 aromatic heterocycles. The van der Waals surface area contributed by atoms with E-state index in [2.05, 4.69) is 15.0 Å². The van der Waals surface area contributed by atoms with Crippen molar-refractivity contribution < 1.29 is 0 Å². The normalized spacial score (nSPS) is 10.3. The fourth-order valence-corrected chi connectivity index (χ4v) is 1.59. The van der Waals surface area contributed by atoms with Gasteiger partial charge in [0.05, 0.1) is 5.69 Å². The van der Waals surface area contributed by atoms with Crippen molar-refractivity contribution in [1.29, 1.82) is 0 Å². The molecule has 0 aliphatic carbocycles. The topological polar surface area (TPSA) is 38.7 Å². The summed E-state index contributed by atoms with van der Waals surface area (Å²) in [6.45, 7) is 3.73. The number of halogens is 1. The molecule has 0 aliphatic rings. The zero-order chi connectivity index (χ0) is 10.8. The van der Waals surface area contributed by atoms with Gasteiger partial charge in [-0.1, -0.05) is 11.6 Å². The Morgan fingerprint density at radius 1 is 1.20 bits per heavy atom. The lowest BCUT2D eigenvalue weighted by atomic mass is 10.1. The van der Waals surface area contributed by atoms with Crippen molar-refractivity contribution in [2.45, 2.75) is 13.8 Å². The minimum Gasteiger partial charge on any atom is -0.264 e. The molecule has 2 aromatic rings. The van der Waals surface area contributed by atoms with Gasteiger partial charge in [-0.3, -0.25) is 4.98 Å². The summed E-state index contributed by atoms with van der Waals surface area (Å²) < 4.78 is 0. The molecule has 0 radical (unpaired) electrons. The van der Waals surface area contributed by atoms with Crippen LogP contribution in [0.1, 0.15) is 11.4 Å². The molecule has 76 valence electrons. The quantitative estimate of drug-likeness (QED) is 0.693. The smallest absolute Gasteiger partial charge is 0.136 e. The molecule has 0 fully saturated rings. The van der Waals surface area contributed by atoms with Gasteiger partial charge in [0.1, 0.15) is 11.0 Å². The zero-order valence-electron chi connectivity index (χ0n) is 8.53. The number of pyridine rings is 1. The summed E-state index contributed by atoms with van der Waals surface area (Å²) in [5.74, 6) is 0.671. The largest absolute Gasteiger partial charge is 0.264 e. The Kier molecular flexibility index (Phi) is 2.64. The van der Waals surface area contributed by atoms with E-state index in [0.717, 1.165) is 16.8 Å². The fourth-order valence-electron chi connectivity index (χ4n) is 1.38. The highest BCUT2D eigenvalue weighted by Gasteiger charge is 2.08. The maximum Gasteiger partial charge on any atom is 0.136 e. The maximum absolute atomic E-state index is 6.00. The Hall–Kier alpha value is -1.48. The van der Waals surface area contributed by atoms with Gasteiger partial charge in [-0.25, -0.2) is 9.97 Å². The molecule has 4 heteroatoms. The van der Waals surface area contributed by atoms with Crippen molar-refractivity contribution in [3.63, 3.8) is 0 Å². The van der Waals surface area contributed by atoms with E-state index in [1.807, 2.05) is 26.0 Å². The summed E-state index contributed by atoms with van der Waals surface area (Å²) in [5, 5.41) is 0.501. The van der Waals surface area contributed by atoms with Crippen LogP contribution in [0.15, 0.2) is 24.5 Å². The van der Waals surface area contributed by atoms with Crippen LogP contribution in [0, 0.1) is 13.8 Å². The highest BCUT2D eigenvalue weighted by atomic mass is 35.5. The molecule has 2 rings (SSSR count). The first-order valence-electron chi connectivity index (χ1n) is 4.59. The van der Waals surface area contributed by atoms with Crippen LogP contribution in [0.4, 0.5) is 0 Å². The van der Waals surface area contributed by atoms with Crippen molar-refractivity contribution in [3.8, 4) is 11.3 Å². The van der Waals surface area contributed by atoms with Crippen LogP contribution in [-0.2, 0) is 0 Å². The lowest BCUT2D eigenvalue weighted by Gasteiger charge is -2.06. The number of aryl methyl sites for hydroxylation is 1. The van der Waals surface area contributed by atoms with E-state index in [1.165, 1.54) is 0 Å². The van der Waals surface area contributed by atoms with Gasteiger partial charge in [0.2, 0.25) is 0 Å². The van der Waals surface area contributed by atoms with E-state index in [4.69, 9.17) is 11.6 Å². The second kappa shape index (κ2) is 3.95. The molecule has 0 N–H and O–H groups in total. The summed E-state index contributed by atoms with van der Waals surface area (Å²) in [6.07, 6.45) is 3.50. The van der Waals surface area contributed by atoms with E-state index in [9.17, 15) is 0 Å². The van der Waals surface area contributed by atoms with E-state index < -0.39 is 0 Å². The minimum absolute atomic E-state index is 0.501. The molecule has 0 unspecified atom stereocenters. The average Bonchev–Trinajstić information content (AvgIpc) is 2.24. The van der Waals surface area contributed by atoms with Gasteiger partial charge in [-0.2, -0.15) is 0 Å². The monoisotopic (exact) mass is 219 g/mol. The molecule has 3 nitrogen and oxygen atoms in total. The summed E-state index contributed by atoms with van der Waals surface area (Å²) in [6, 6.07) is 3.83. The van der Waals surface area contributed by atoms with Crippen molar-refractivity contribution in [1.82, 2.24) is 15.0 Å². The highest BCUT2D eigenvalue weighted by Crippen LogP contribution is 2.24. The van der Waals surface area contributed by atoms with Crippen molar-refractivity contribution in [2.24, 2.45) is 0 Å². The second-order valence-electron chi connectivity index (χ2n) is 3.28. The van der Waals surface area contributed by atoms with Crippen LogP contribution in [0.2, 0.25) is 5.15 Å². The number of hydrogen-bond donors (Lipinski definition) is 0. The molecule has 2 heterocycles. The van der Waals surface area contributed by atoms with Crippen molar-refractivity contribution >= 4 is 11.6 Å². The minimum atomic E-state index is 0.501. The van der Waals surface area contributed by atoms with E-state index in [1.54, 1.807) is 12.4 Å². The number of hydrogen-bond acceptors (Lipinski definition) is 3. The van der Waals surface area contributed by atoms with Crippen LogP contribution in [0.5, 0.6) is 0 Å². The Morgan fingerprint density at radius 2 is 2.00 bits per heavy atom. The molecule has 0 saturated heterocycles. The van der Waals surface area contributed by atoms with Crippen molar-refractivity contribution in [2.75, 3.05) is 0 Å². The SMILES string of the molecule is Cc1nc(Cl)c(C)c(-c2cccnc2)n1. The van der Waals surface area contributed by atoms with Gasteiger partial charge in [-0.15, -0.1) is 0 Å². The average molecular weight is 220 g/mol. The second-order valence-corrected chi connectivity index (χ2v) is 3.63.